The van der Waals surface area contributed by atoms with E-state index in [-0.39, 0.29) is 23.8 Å². The Labute approximate surface area is 197 Å². The maximum Gasteiger partial charge on any atom is 0.254 e. The largest absolute Gasteiger partial charge is 0.378 e. The van der Waals surface area contributed by atoms with Gasteiger partial charge in [0.05, 0.1) is 19.4 Å². The molecular weight excluding hydrogens is 451 g/mol. The minimum atomic E-state index is -0.142. The molecular formula is C23H26Cl2N4O3. The second kappa shape index (κ2) is 9.04. The van der Waals surface area contributed by atoms with Crippen LogP contribution in [0.3, 0.4) is 0 Å². The predicted molar refractivity (Wildman–Crippen MR) is 121 cm³/mol. The molecule has 1 aliphatic carbocycles. The van der Waals surface area contributed by atoms with E-state index in [0.717, 1.165) is 37.8 Å². The quantitative estimate of drug-likeness (QED) is 0.734. The van der Waals surface area contributed by atoms with Crippen molar-refractivity contribution in [1.82, 2.24) is 20.0 Å². The van der Waals surface area contributed by atoms with E-state index in [4.69, 9.17) is 27.9 Å². The number of aromatic amines is 1. The third-order valence-corrected chi connectivity index (χ3v) is 7.59. The number of morpholine rings is 1. The molecule has 0 spiro atoms. The van der Waals surface area contributed by atoms with Gasteiger partial charge in [0.1, 0.15) is 0 Å². The van der Waals surface area contributed by atoms with Gasteiger partial charge < -0.3 is 14.5 Å². The standard InChI is InChI=1S/C23H26Cl2N4O3/c24-19-11-15(22(30)28-5-7-32-8-6-28)12-20(25)18(19)10-14-3-4-29(23(14)31)17-1-2-21-16(9-17)13-26-27-21/h11-14,17H,1-10H2,(H,26,27)/t14-,17?/m0/s1. The second-order valence-electron chi connectivity index (χ2n) is 8.81. The Balaban J connectivity index is 1.27. The van der Waals surface area contributed by atoms with E-state index in [1.165, 1.54) is 11.3 Å². The van der Waals surface area contributed by atoms with Crippen LogP contribution in [0.25, 0.3) is 0 Å². The molecule has 2 fully saturated rings. The van der Waals surface area contributed by atoms with E-state index in [0.29, 0.717) is 48.3 Å². The lowest BCUT2D eigenvalue weighted by atomic mass is 9.92. The number of amides is 2. The topological polar surface area (TPSA) is 78.5 Å². The summed E-state index contributed by atoms with van der Waals surface area (Å²) in [7, 11) is 0. The van der Waals surface area contributed by atoms with Crippen LogP contribution in [0.2, 0.25) is 10.0 Å². The zero-order valence-corrected chi connectivity index (χ0v) is 19.3. The fourth-order valence-corrected chi connectivity index (χ4v) is 5.74. The SMILES string of the molecule is O=C(c1cc(Cl)c(C[C@@H]2CCN(C3CCc4[nH]ncc4C3)C2=O)c(Cl)c1)N1CCOCC1. The third kappa shape index (κ3) is 4.14. The van der Waals surface area contributed by atoms with E-state index in [2.05, 4.69) is 10.2 Å². The van der Waals surface area contributed by atoms with Crippen molar-refractivity contribution < 1.29 is 14.3 Å². The van der Waals surface area contributed by atoms with E-state index >= 15 is 0 Å². The van der Waals surface area contributed by atoms with Gasteiger partial charge >= 0.3 is 0 Å². The second-order valence-corrected chi connectivity index (χ2v) is 9.63. The summed E-state index contributed by atoms with van der Waals surface area (Å²) in [5.74, 6) is -0.0678. The van der Waals surface area contributed by atoms with Gasteiger partial charge in [-0.3, -0.25) is 14.7 Å². The molecule has 1 aromatic heterocycles. The van der Waals surface area contributed by atoms with Crippen LogP contribution < -0.4 is 0 Å². The molecule has 1 unspecified atom stereocenters. The first-order chi connectivity index (χ1) is 15.5. The van der Waals surface area contributed by atoms with Crippen LogP contribution in [-0.2, 0) is 28.8 Å². The first-order valence-electron chi connectivity index (χ1n) is 11.2. The summed E-state index contributed by atoms with van der Waals surface area (Å²) in [5, 5.41) is 8.07. The fraction of sp³-hybridized carbons (Fsp3) is 0.522. The number of hydrogen-bond acceptors (Lipinski definition) is 4. The Hall–Kier alpha value is -2.09. The number of nitrogens with one attached hydrogen (secondary N) is 1. The molecule has 5 rings (SSSR count). The van der Waals surface area contributed by atoms with Crippen LogP contribution >= 0.6 is 23.2 Å². The van der Waals surface area contributed by atoms with Gasteiger partial charge in [0.25, 0.3) is 5.91 Å². The molecule has 32 heavy (non-hydrogen) atoms. The number of rotatable bonds is 4. The van der Waals surface area contributed by atoms with Gasteiger partial charge in [-0.2, -0.15) is 5.10 Å². The van der Waals surface area contributed by atoms with Crippen LogP contribution in [0, 0.1) is 5.92 Å². The van der Waals surface area contributed by atoms with Crippen molar-refractivity contribution in [3.8, 4) is 0 Å². The molecule has 2 aromatic rings. The molecule has 3 aliphatic rings. The van der Waals surface area contributed by atoms with E-state index in [1.807, 2.05) is 11.1 Å². The molecule has 2 saturated heterocycles. The Morgan fingerprint density at radius 3 is 2.66 bits per heavy atom. The van der Waals surface area contributed by atoms with Gasteiger partial charge in [-0.05, 0) is 55.4 Å². The predicted octanol–water partition coefficient (Wildman–Crippen LogP) is 3.14. The first kappa shape index (κ1) is 21.7. The lowest BCUT2D eigenvalue weighted by Gasteiger charge is -2.31. The van der Waals surface area contributed by atoms with Crippen LogP contribution in [0.1, 0.15) is 40.0 Å². The summed E-state index contributed by atoms with van der Waals surface area (Å²) in [6, 6.07) is 3.58. The van der Waals surface area contributed by atoms with Crippen molar-refractivity contribution in [3.63, 3.8) is 0 Å². The number of hydrogen-bond donors (Lipinski definition) is 1. The van der Waals surface area contributed by atoms with Gasteiger partial charge in [-0.1, -0.05) is 23.2 Å². The summed E-state index contributed by atoms with van der Waals surface area (Å²) >= 11 is 13.1. The number of fused-ring (bicyclic) bond motifs is 1. The average molecular weight is 477 g/mol. The molecule has 7 nitrogen and oxygen atoms in total. The Morgan fingerprint density at radius 1 is 1.16 bits per heavy atom. The number of carbonyl (C=O) groups is 2. The zero-order valence-electron chi connectivity index (χ0n) is 17.8. The normalized spacial score (nSPS) is 23.5. The van der Waals surface area contributed by atoms with E-state index < -0.39 is 0 Å². The molecule has 1 aromatic carbocycles. The number of carbonyl (C=O) groups excluding carboxylic acids is 2. The number of likely N-dealkylation sites (tertiary alicyclic amines) is 1. The fourth-order valence-electron chi connectivity index (χ4n) is 5.09. The highest BCUT2D eigenvalue weighted by molar-refractivity contribution is 6.36. The van der Waals surface area contributed by atoms with Gasteiger partial charge in [-0.25, -0.2) is 0 Å². The number of halogens is 2. The minimum Gasteiger partial charge on any atom is -0.378 e. The lowest BCUT2D eigenvalue weighted by molar-refractivity contribution is -0.133. The number of aryl methyl sites for hydroxylation is 1. The molecule has 2 atom stereocenters. The van der Waals surface area contributed by atoms with Gasteiger partial charge in [0.2, 0.25) is 5.91 Å². The Kier molecular flexibility index (Phi) is 6.14. The van der Waals surface area contributed by atoms with Crippen molar-refractivity contribution in [2.24, 2.45) is 5.92 Å². The van der Waals surface area contributed by atoms with Gasteiger partial charge in [0.15, 0.2) is 0 Å². The molecule has 9 heteroatoms. The maximum absolute atomic E-state index is 13.2. The summed E-state index contributed by atoms with van der Waals surface area (Å²) in [6.45, 7) is 2.95. The molecule has 2 aliphatic heterocycles. The summed E-state index contributed by atoms with van der Waals surface area (Å²) in [4.78, 5) is 29.8. The Morgan fingerprint density at radius 2 is 1.91 bits per heavy atom. The summed E-state index contributed by atoms with van der Waals surface area (Å²) in [5.41, 5.74) is 3.62. The number of H-pyrrole nitrogens is 1. The van der Waals surface area contributed by atoms with E-state index in [1.54, 1.807) is 17.0 Å². The van der Waals surface area contributed by atoms with Crippen molar-refractivity contribution in [2.45, 2.75) is 38.1 Å². The molecule has 1 N–H and O–H groups in total. The van der Waals surface area contributed by atoms with Gasteiger partial charge in [-0.15, -0.1) is 0 Å². The molecule has 0 saturated carbocycles. The molecule has 170 valence electrons. The summed E-state index contributed by atoms with van der Waals surface area (Å²) in [6.07, 6.45) is 5.87. The van der Waals surface area contributed by atoms with Crippen molar-refractivity contribution in [1.29, 1.82) is 0 Å². The van der Waals surface area contributed by atoms with Gasteiger partial charge in [0, 0.05) is 52.9 Å². The lowest BCUT2D eigenvalue weighted by Crippen LogP contribution is -2.41. The van der Waals surface area contributed by atoms with Crippen LogP contribution in [0.5, 0.6) is 0 Å². The third-order valence-electron chi connectivity index (χ3n) is 6.92. The molecule has 2 amide bonds. The zero-order chi connectivity index (χ0) is 22.2. The minimum absolute atomic E-state index is 0.0947. The van der Waals surface area contributed by atoms with Crippen LogP contribution in [0.4, 0.5) is 0 Å². The number of benzene rings is 1. The van der Waals surface area contributed by atoms with Crippen LogP contribution in [0.15, 0.2) is 18.3 Å². The van der Waals surface area contributed by atoms with Crippen LogP contribution in [-0.4, -0.2) is 70.7 Å². The average Bonchev–Trinajstić information content (AvgIpc) is 3.42. The van der Waals surface area contributed by atoms with E-state index in [9.17, 15) is 9.59 Å². The highest BCUT2D eigenvalue weighted by atomic mass is 35.5. The number of aromatic nitrogens is 2. The monoisotopic (exact) mass is 476 g/mol. The number of ether oxygens (including phenoxy) is 1. The highest BCUT2D eigenvalue weighted by Gasteiger charge is 2.38. The maximum atomic E-state index is 13.2. The van der Waals surface area contributed by atoms with Crippen molar-refractivity contribution in [2.75, 3.05) is 32.8 Å². The molecule has 0 bridgehead atoms. The molecule has 3 heterocycles. The smallest absolute Gasteiger partial charge is 0.254 e. The molecule has 0 radical (unpaired) electrons. The number of nitrogens with zero attached hydrogens (tertiary/aromatic N) is 3. The van der Waals surface area contributed by atoms with Crippen molar-refractivity contribution in [3.05, 3.63) is 50.8 Å². The Bertz CT molecular complexity index is 1010. The highest BCUT2D eigenvalue weighted by Crippen LogP contribution is 2.34. The summed E-state index contributed by atoms with van der Waals surface area (Å²) < 4.78 is 5.32. The first-order valence-corrected chi connectivity index (χ1v) is 11.9. The van der Waals surface area contributed by atoms with Crippen molar-refractivity contribution >= 4 is 35.0 Å².